The second-order valence-electron chi connectivity index (χ2n) is 5.52. The fraction of sp³-hybridized carbons (Fsp3) is 0.533. The maximum Gasteiger partial charge on any atom is 0.337 e. The summed E-state index contributed by atoms with van der Waals surface area (Å²) in [5.41, 5.74) is 0.922. The van der Waals surface area contributed by atoms with Crippen molar-refractivity contribution in [2.45, 2.75) is 38.8 Å². The number of carboxylic acid groups (broad SMARTS) is 1. The third-order valence-corrected chi connectivity index (χ3v) is 3.96. The van der Waals surface area contributed by atoms with Crippen molar-refractivity contribution < 1.29 is 14.6 Å². The minimum atomic E-state index is -1.01. The first kappa shape index (κ1) is 15.1. The van der Waals surface area contributed by atoms with E-state index < -0.39 is 5.97 Å². The van der Waals surface area contributed by atoms with Crippen molar-refractivity contribution in [3.05, 3.63) is 28.8 Å². The van der Waals surface area contributed by atoms with E-state index in [0.29, 0.717) is 12.0 Å². The zero-order valence-corrected chi connectivity index (χ0v) is 12.5. The summed E-state index contributed by atoms with van der Waals surface area (Å²) >= 11 is 5.87. The smallest absolute Gasteiger partial charge is 0.337 e. The molecule has 4 nitrogen and oxygen atoms in total. The van der Waals surface area contributed by atoms with Crippen molar-refractivity contribution in [2.24, 2.45) is 5.92 Å². The van der Waals surface area contributed by atoms with Crippen LogP contribution in [0.3, 0.4) is 0 Å². The second kappa shape index (κ2) is 6.46. The van der Waals surface area contributed by atoms with E-state index in [2.05, 4.69) is 19.2 Å². The third kappa shape index (κ3) is 3.64. The topological polar surface area (TPSA) is 58.6 Å². The molecule has 1 saturated heterocycles. The average molecular weight is 298 g/mol. The van der Waals surface area contributed by atoms with Crippen LogP contribution in [0.1, 0.15) is 37.0 Å². The summed E-state index contributed by atoms with van der Waals surface area (Å²) in [6, 6.07) is 5.32. The van der Waals surface area contributed by atoms with E-state index >= 15 is 0 Å². The van der Waals surface area contributed by atoms with E-state index in [1.54, 1.807) is 12.1 Å². The van der Waals surface area contributed by atoms with Crippen LogP contribution < -0.4 is 5.32 Å². The van der Waals surface area contributed by atoms with E-state index in [1.165, 1.54) is 0 Å². The van der Waals surface area contributed by atoms with Gasteiger partial charge in [-0.3, -0.25) is 0 Å². The molecule has 1 fully saturated rings. The first-order valence-electron chi connectivity index (χ1n) is 6.88. The van der Waals surface area contributed by atoms with Crippen molar-refractivity contribution in [3.63, 3.8) is 0 Å². The van der Waals surface area contributed by atoms with Crippen LogP contribution in [-0.4, -0.2) is 29.8 Å². The maximum atomic E-state index is 11.1. The van der Waals surface area contributed by atoms with Gasteiger partial charge < -0.3 is 15.2 Å². The molecule has 1 aromatic rings. The lowest BCUT2D eigenvalue weighted by molar-refractivity contribution is -0.0160. The third-order valence-electron chi connectivity index (χ3n) is 3.63. The zero-order valence-electron chi connectivity index (χ0n) is 11.7. The van der Waals surface area contributed by atoms with Gasteiger partial charge >= 0.3 is 5.97 Å². The molecule has 1 aliphatic rings. The molecule has 0 aliphatic carbocycles. The van der Waals surface area contributed by atoms with Crippen LogP contribution in [0, 0.1) is 5.92 Å². The van der Waals surface area contributed by atoms with Gasteiger partial charge in [0.05, 0.1) is 16.7 Å². The quantitative estimate of drug-likeness (QED) is 0.890. The predicted molar refractivity (Wildman–Crippen MR) is 79.6 cm³/mol. The minimum Gasteiger partial charge on any atom is -0.478 e. The van der Waals surface area contributed by atoms with Crippen LogP contribution in [0.5, 0.6) is 0 Å². The lowest BCUT2D eigenvalue weighted by atomic mass is 9.95. The fourth-order valence-corrected chi connectivity index (χ4v) is 2.64. The molecule has 0 bridgehead atoms. The van der Waals surface area contributed by atoms with Crippen molar-refractivity contribution in [1.29, 1.82) is 0 Å². The summed E-state index contributed by atoms with van der Waals surface area (Å²) < 4.78 is 5.73. The Hall–Kier alpha value is -1.26. The SMILES string of the molecule is CC(C)C1CC(Nc2ccc(Cl)c(C(=O)O)c2)CCO1. The molecule has 1 heterocycles. The molecule has 20 heavy (non-hydrogen) atoms. The number of aromatic carboxylic acids is 1. The molecule has 0 spiro atoms. The van der Waals surface area contributed by atoms with Gasteiger partial charge in [-0.05, 0) is 37.0 Å². The Morgan fingerprint density at radius 1 is 1.50 bits per heavy atom. The summed E-state index contributed by atoms with van der Waals surface area (Å²) in [7, 11) is 0. The highest BCUT2D eigenvalue weighted by atomic mass is 35.5. The van der Waals surface area contributed by atoms with Gasteiger partial charge in [0.2, 0.25) is 0 Å². The number of nitrogens with one attached hydrogen (secondary N) is 1. The van der Waals surface area contributed by atoms with Crippen LogP contribution in [0.2, 0.25) is 5.02 Å². The van der Waals surface area contributed by atoms with Crippen LogP contribution in [0.15, 0.2) is 18.2 Å². The number of halogens is 1. The lowest BCUT2D eigenvalue weighted by Crippen LogP contribution is -2.36. The van der Waals surface area contributed by atoms with Gasteiger partial charge in [-0.25, -0.2) is 4.79 Å². The molecule has 2 unspecified atom stereocenters. The molecule has 0 radical (unpaired) electrons. The largest absolute Gasteiger partial charge is 0.478 e. The van der Waals surface area contributed by atoms with Gasteiger partial charge in [0.1, 0.15) is 0 Å². The lowest BCUT2D eigenvalue weighted by Gasteiger charge is -2.33. The van der Waals surface area contributed by atoms with Gasteiger partial charge in [-0.2, -0.15) is 0 Å². The highest BCUT2D eigenvalue weighted by molar-refractivity contribution is 6.33. The van der Waals surface area contributed by atoms with Gasteiger partial charge in [0, 0.05) is 18.3 Å². The highest BCUT2D eigenvalue weighted by Crippen LogP contribution is 2.25. The number of benzene rings is 1. The van der Waals surface area contributed by atoms with Crippen molar-refractivity contribution in [1.82, 2.24) is 0 Å². The van der Waals surface area contributed by atoms with Gasteiger partial charge in [-0.1, -0.05) is 25.4 Å². The predicted octanol–water partition coefficient (Wildman–Crippen LogP) is 3.65. The van der Waals surface area contributed by atoms with Crippen molar-refractivity contribution >= 4 is 23.3 Å². The number of carbonyl (C=O) groups is 1. The van der Waals surface area contributed by atoms with Crippen LogP contribution >= 0.6 is 11.6 Å². The standard InChI is InChI=1S/C15H20ClNO3/c1-9(2)14-8-11(5-6-20-14)17-10-3-4-13(16)12(7-10)15(18)19/h3-4,7,9,11,14,17H,5-6,8H2,1-2H3,(H,18,19). The fourth-order valence-electron chi connectivity index (χ4n) is 2.44. The van der Waals surface area contributed by atoms with E-state index in [0.717, 1.165) is 25.1 Å². The molecule has 2 N–H and O–H groups in total. The Labute approximate surface area is 124 Å². The Kier molecular flexibility index (Phi) is 4.89. The summed E-state index contributed by atoms with van der Waals surface area (Å²) in [4.78, 5) is 11.1. The molecule has 2 rings (SSSR count). The number of hydrogen-bond acceptors (Lipinski definition) is 3. The van der Waals surface area contributed by atoms with Crippen molar-refractivity contribution in [2.75, 3.05) is 11.9 Å². The van der Waals surface area contributed by atoms with Crippen LogP contribution in [-0.2, 0) is 4.74 Å². The molecule has 1 aliphatic heterocycles. The molecule has 5 heteroatoms. The molecular formula is C15H20ClNO3. The Morgan fingerprint density at radius 3 is 2.90 bits per heavy atom. The minimum absolute atomic E-state index is 0.129. The van der Waals surface area contributed by atoms with E-state index in [-0.39, 0.29) is 16.7 Å². The molecule has 0 amide bonds. The molecule has 2 atom stereocenters. The Balaban J connectivity index is 2.06. The van der Waals surface area contributed by atoms with E-state index in [9.17, 15) is 4.79 Å². The first-order valence-corrected chi connectivity index (χ1v) is 7.26. The number of ether oxygens (including phenoxy) is 1. The maximum absolute atomic E-state index is 11.1. The Bertz CT molecular complexity index is 490. The average Bonchev–Trinajstić information content (AvgIpc) is 2.41. The summed E-state index contributed by atoms with van der Waals surface area (Å²) in [6.07, 6.45) is 2.12. The summed E-state index contributed by atoms with van der Waals surface area (Å²) in [5.74, 6) is -0.523. The molecule has 1 aromatic carbocycles. The molecular weight excluding hydrogens is 278 g/mol. The normalized spacial score (nSPS) is 22.8. The van der Waals surface area contributed by atoms with Crippen molar-refractivity contribution in [3.8, 4) is 0 Å². The van der Waals surface area contributed by atoms with E-state index in [4.69, 9.17) is 21.4 Å². The first-order chi connectivity index (χ1) is 9.47. The van der Waals surface area contributed by atoms with Gasteiger partial charge in [-0.15, -0.1) is 0 Å². The zero-order chi connectivity index (χ0) is 14.7. The number of hydrogen-bond donors (Lipinski definition) is 2. The van der Waals surface area contributed by atoms with Gasteiger partial charge in [0.15, 0.2) is 0 Å². The van der Waals surface area contributed by atoms with Gasteiger partial charge in [0.25, 0.3) is 0 Å². The monoisotopic (exact) mass is 297 g/mol. The van der Waals surface area contributed by atoms with E-state index in [1.807, 2.05) is 6.07 Å². The number of rotatable bonds is 4. The van der Waals surface area contributed by atoms with Crippen LogP contribution in [0.4, 0.5) is 5.69 Å². The summed E-state index contributed by atoms with van der Waals surface area (Å²) in [6.45, 7) is 5.04. The Morgan fingerprint density at radius 2 is 2.25 bits per heavy atom. The summed E-state index contributed by atoms with van der Waals surface area (Å²) in [5, 5.41) is 12.7. The highest BCUT2D eigenvalue weighted by Gasteiger charge is 2.25. The molecule has 110 valence electrons. The second-order valence-corrected chi connectivity index (χ2v) is 5.93. The molecule has 0 aromatic heterocycles. The van der Waals surface area contributed by atoms with Crippen LogP contribution in [0.25, 0.3) is 0 Å². The molecule has 0 saturated carbocycles. The number of anilines is 1. The number of carboxylic acids is 1.